The van der Waals surface area contributed by atoms with Crippen molar-refractivity contribution in [1.82, 2.24) is 15.5 Å². The van der Waals surface area contributed by atoms with Gasteiger partial charge in [0, 0.05) is 44.6 Å². The van der Waals surface area contributed by atoms with Gasteiger partial charge in [0.25, 0.3) is 0 Å². The minimum absolute atomic E-state index is 0.0340. The zero-order valence-corrected chi connectivity index (χ0v) is 16.5. The third-order valence-electron chi connectivity index (χ3n) is 4.33. The second-order valence-electron chi connectivity index (χ2n) is 6.99. The molecule has 0 spiro atoms. The summed E-state index contributed by atoms with van der Waals surface area (Å²) < 4.78 is 18.4. The van der Waals surface area contributed by atoms with E-state index in [1.54, 1.807) is 12.1 Å². The van der Waals surface area contributed by atoms with Gasteiger partial charge in [-0.15, -0.1) is 0 Å². The fraction of sp³-hybridized carbons (Fsp3) is 0.600. The summed E-state index contributed by atoms with van der Waals surface area (Å²) in [6.45, 7) is 9.32. The molecule has 27 heavy (non-hydrogen) atoms. The Morgan fingerprint density at radius 2 is 2.11 bits per heavy atom. The molecule has 0 aromatic heterocycles. The van der Waals surface area contributed by atoms with Gasteiger partial charge in [0.05, 0.1) is 6.61 Å². The maximum Gasteiger partial charge on any atom is 0.225 e. The number of amides is 1. The van der Waals surface area contributed by atoms with Crippen LogP contribution in [0.25, 0.3) is 0 Å². The number of ether oxygens (including phenoxy) is 1. The van der Waals surface area contributed by atoms with Crippen LogP contribution in [0, 0.1) is 11.7 Å². The van der Waals surface area contributed by atoms with E-state index in [1.807, 2.05) is 25.7 Å². The van der Waals surface area contributed by atoms with Crippen LogP contribution in [-0.4, -0.2) is 55.6 Å². The van der Waals surface area contributed by atoms with Crippen LogP contribution in [0.5, 0.6) is 5.75 Å². The molecule has 1 saturated heterocycles. The Kier molecular flexibility index (Phi) is 8.36. The minimum Gasteiger partial charge on any atom is -0.494 e. The highest BCUT2D eigenvalue weighted by atomic mass is 19.1. The second kappa shape index (κ2) is 10.7. The maximum atomic E-state index is 12.9. The quantitative estimate of drug-likeness (QED) is 0.414. The first-order chi connectivity index (χ1) is 13.0. The van der Waals surface area contributed by atoms with Gasteiger partial charge in [-0.3, -0.25) is 9.79 Å². The van der Waals surface area contributed by atoms with Gasteiger partial charge in [0.2, 0.25) is 5.91 Å². The number of benzene rings is 1. The van der Waals surface area contributed by atoms with Crippen molar-refractivity contribution in [1.29, 1.82) is 0 Å². The molecule has 150 valence electrons. The third-order valence-corrected chi connectivity index (χ3v) is 4.33. The molecule has 2 rings (SSSR count). The van der Waals surface area contributed by atoms with Crippen LogP contribution in [0.1, 0.15) is 33.6 Å². The van der Waals surface area contributed by atoms with Crippen molar-refractivity contribution < 1.29 is 13.9 Å². The Labute approximate surface area is 161 Å². The first kappa shape index (κ1) is 21.0. The summed E-state index contributed by atoms with van der Waals surface area (Å²) >= 11 is 0. The largest absolute Gasteiger partial charge is 0.494 e. The molecule has 0 aliphatic carbocycles. The van der Waals surface area contributed by atoms with Crippen molar-refractivity contribution >= 4 is 11.9 Å². The standard InChI is InChI=1S/C20H31FN4O2/c1-4-22-20(24-17-10-12-25(14-17)19(26)15(2)3)23-11-5-13-27-18-8-6-16(21)7-9-18/h6-9,15,17H,4-5,10-14H2,1-3H3,(H2,22,23,24). The highest BCUT2D eigenvalue weighted by Gasteiger charge is 2.27. The summed E-state index contributed by atoms with van der Waals surface area (Å²) in [5.41, 5.74) is 0. The summed E-state index contributed by atoms with van der Waals surface area (Å²) in [7, 11) is 0. The molecule has 1 aliphatic heterocycles. The van der Waals surface area contributed by atoms with E-state index in [0.717, 1.165) is 38.4 Å². The predicted octanol–water partition coefficient (Wildman–Crippen LogP) is 2.41. The van der Waals surface area contributed by atoms with Crippen LogP contribution < -0.4 is 15.4 Å². The number of nitrogens with one attached hydrogen (secondary N) is 2. The first-order valence-electron chi connectivity index (χ1n) is 9.71. The molecule has 1 heterocycles. The molecule has 1 aromatic carbocycles. The van der Waals surface area contributed by atoms with Crippen LogP contribution >= 0.6 is 0 Å². The van der Waals surface area contributed by atoms with E-state index >= 15 is 0 Å². The molecule has 0 saturated carbocycles. The van der Waals surface area contributed by atoms with Gasteiger partial charge in [-0.2, -0.15) is 0 Å². The zero-order valence-electron chi connectivity index (χ0n) is 16.5. The minimum atomic E-state index is -0.270. The van der Waals surface area contributed by atoms with Gasteiger partial charge in [0.1, 0.15) is 11.6 Å². The highest BCUT2D eigenvalue weighted by Crippen LogP contribution is 2.13. The van der Waals surface area contributed by atoms with E-state index in [1.165, 1.54) is 12.1 Å². The van der Waals surface area contributed by atoms with Crippen LogP contribution in [0.4, 0.5) is 4.39 Å². The number of hydrogen-bond acceptors (Lipinski definition) is 3. The average Bonchev–Trinajstić information content (AvgIpc) is 3.10. The number of carbonyl (C=O) groups excluding carboxylic acids is 1. The number of carbonyl (C=O) groups is 1. The summed E-state index contributed by atoms with van der Waals surface area (Å²) in [5, 5.41) is 6.66. The Morgan fingerprint density at radius 3 is 2.78 bits per heavy atom. The third kappa shape index (κ3) is 7.07. The molecule has 1 fully saturated rings. The predicted molar refractivity (Wildman–Crippen MR) is 105 cm³/mol. The van der Waals surface area contributed by atoms with E-state index < -0.39 is 0 Å². The number of rotatable bonds is 8. The topological polar surface area (TPSA) is 66.0 Å². The fourth-order valence-corrected chi connectivity index (χ4v) is 2.93. The van der Waals surface area contributed by atoms with Crippen LogP contribution in [0.3, 0.4) is 0 Å². The van der Waals surface area contributed by atoms with E-state index in [0.29, 0.717) is 18.9 Å². The lowest BCUT2D eigenvalue weighted by atomic mass is 10.2. The molecule has 6 nitrogen and oxygen atoms in total. The normalized spacial score (nSPS) is 17.3. The SMILES string of the molecule is CCNC(=NCCCOc1ccc(F)cc1)NC1CCN(C(=O)C(C)C)C1. The summed E-state index contributed by atoms with van der Waals surface area (Å²) in [6, 6.07) is 6.23. The van der Waals surface area contributed by atoms with E-state index in [9.17, 15) is 9.18 Å². The molecule has 1 amide bonds. The molecule has 0 radical (unpaired) electrons. The fourth-order valence-electron chi connectivity index (χ4n) is 2.93. The van der Waals surface area contributed by atoms with Gasteiger partial charge < -0.3 is 20.3 Å². The van der Waals surface area contributed by atoms with Crippen molar-refractivity contribution in [3.05, 3.63) is 30.1 Å². The van der Waals surface area contributed by atoms with Crippen molar-refractivity contribution in [2.24, 2.45) is 10.9 Å². The second-order valence-corrected chi connectivity index (χ2v) is 6.99. The molecule has 1 aliphatic rings. The van der Waals surface area contributed by atoms with Gasteiger partial charge in [-0.25, -0.2) is 4.39 Å². The molecule has 1 aromatic rings. The lowest BCUT2D eigenvalue weighted by molar-refractivity contribution is -0.133. The molecule has 1 unspecified atom stereocenters. The number of nitrogens with zero attached hydrogens (tertiary/aromatic N) is 2. The van der Waals surface area contributed by atoms with Crippen molar-refractivity contribution in [3.8, 4) is 5.75 Å². The van der Waals surface area contributed by atoms with E-state index in [2.05, 4.69) is 15.6 Å². The first-order valence-corrected chi connectivity index (χ1v) is 9.71. The number of likely N-dealkylation sites (tertiary alicyclic amines) is 1. The van der Waals surface area contributed by atoms with Crippen molar-refractivity contribution in [2.45, 2.75) is 39.7 Å². The summed E-state index contributed by atoms with van der Waals surface area (Å²) in [6.07, 6.45) is 1.69. The van der Waals surface area contributed by atoms with Gasteiger partial charge >= 0.3 is 0 Å². The van der Waals surface area contributed by atoms with Crippen molar-refractivity contribution in [3.63, 3.8) is 0 Å². The van der Waals surface area contributed by atoms with Crippen molar-refractivity contribution in [2.75, 3.05) is 32.8 Å². The number of guanidine groups is 1. The van der Waals surface area contributed by atoms with Gasteiger partial charge in [-0.1, -0.05) is 13.8 Å². The number of halogens is 1. The Bertz CT molecular complexity index is 619. The maximum absolute atomic E-state index is 12.9. The van der Waals surface area contributed by atoms with Crippen LogP contribution in [0.15, 0.2) is 29.3 Å². The lowest BCUT2D eigenvalue weighted by Gasteiger charge is -2.20. The van der Waals surface area contributed by atoms with E-state index in [4.69, 9.17) is 4.74 Å². The number of hydrogen-bond donors (Lipinski definition) is 2. The van der Waals surface area contributed by atoms with Crippen LogP contribution in [-0.2, 0) is 4.79 Å². The molecular weight excluding hydrogens is 347 g/mol. The zero-order chi connectivity index (χ0) is 19.6. The smallest absolute Gasteiger partial charge is 0.225 e. The summed E-state index contributed by atoms with van der Waals surface area (Å²) in [4.78, 5) is 18.6. The molecule has 7 heteroatoms. The van der Waals surface area contributed by atoms with E-state index in [-0.39, 0.29) is 23.7 Å². The molecular formula is C20H31FN4O2. The molecule has 1 atom stereocenters. The molecule has 0 bridgehead atoms. The Morgan fingerprint density at radius 1 is 1.37 bits per heavy atom. The molecule has 2 N–H and O–H groups in total. The monoisotopic (exact) mass is 378 g/mol. The highest BCUT2D eigenvalue weighted by molar-refractivity contribution is 5.81. The van der Waals surface area contributed by atoms with Gasteiger partial charge in [0.15, 0.2) is 5.96 Å². The van der Waals surface area contributed by atoms with Gasteiger partial charge in [-0.05, 0) is 37.6 Å². The van der Waals surface area contributed by atoms with Crippen LogP contribution in [0.2, 0.25) is 0 Å². The average molecular weight is 378 g/mol. The number of aliphatic imine (C=N–C) groups is 1. The lowest BCUT2D eigenvalue weighted by Crippen LogP contribution is -2.45. The Balaban J connectivity index is 1.73. The summed E-state index contributed by atoms with van der Waals surface area (Å²) in [5.74, 6) is 1.40. The Hall–Kier alpha value is -2.31.